The predicted molar refractivity (Wildman–Crippen MR) is 61.3 cm³/mol. The van der Waals surface area contributed by atoms with Crippen molar-refractivity contribution in [2.24, 2.45) is 5.92 Å². The van der Waals surface area contributed by atoms with Gasteiger partial charge in [-0.25, -0.2) is 0 Å². The summed E-state index contributed by atoms with van der Waals surface area (Å²) in [5.74, 6) is 0.467. The molecule has 4 nitrogen and oxygen atoms in total. The highest BCUT2D eigenvalue weighted by Gasteiger charge is 2.37. The second kappa shape index (κ2) is 4.26. The van der Waals surface area contributed by atoms with Crippen LogP contribution >= 0.6 is 0 Å². The lowest BCUT2D eigenvalue weighted by Gasteiger charge is -2.33. The topological polar surface area (TPSA) is 33.7 Å². The maximum absolute atomic E-state index is 5.62. The molecule has 4 heteroatoms. The van der Waals surface area contributed by atoms with Gasteiger partial charge in [0.05, 0.1) is 13.2 Å². The van der Waals surface area contributed by atoms with Crippen LogP contribution in [0.15, 0.2) is 0 Å². The van der Waals surface area contributed by atoms with Crippen LogP contribution in [0.4, 0.5) is 0 Å². The van der Waals surface area contributed by atoms with Gasteiger partial charge in [-0.1, -0.05) is 0 Å². The Morgan fingerprint density at radius 1 is 1.25 bits per heavy atom. The van der Waals surface area contributed by atoms with Crippen LogP contribution in [0.25, 0.3) is 0 Å². The van der Waals surface area contributed by atoms with E-state index < -0.39 is 0 Å². The number of nitrogens with one attached hydrogen (secondary N) is 1. The van der Waals surface area contributed by atoms with Gasteiger partial charge >= 0.3 is 0 Å². The van der Waals surface area contributed by atoms with Gasteiger partial charge in [-0.05, 0) is 38.8 Å². The van der Waals surface area contributed by atoms with E-state index in [0.29, 0.717) is 6.04 Å². The lowest BCUT2D eigenvalue weighted by atomic mass is 9.94. The molecule has 3 aliphatic rings. The van der Waals surface area contributed by atoms with Crippen molar-refractivity contribution in [1.82, 2.24) is 10.2 Å². The van der Waals surface area contributed by atoms with Crippen molar-refractivity contribution in [1.29, 1.82) is 0 Å². The molecule has 3 heterocycles. The summed E-state index contributed by atoms with van der Waals surface area (Å²) in [7, 11) is 0. The first kappa shape index (κ1) is 11.0. The highest BCUT2D eigenvalue weighted by molar-refractivity contribution is 4.91. The van der Waals surface area contributed by atoms with Crippen LogP contribution in [0.2, 0.25) is 0 Å². The average molecular weight is 226 g/mol. The van der Waals surface area contributed by atoms with Gasteiger partial charge < -0.3 is 19.7 Å². The fraction of sp³-hybridized carbons (Fsp3) is 1.00. The van der Waals surface area contributed by atoms with Crippen molar-refractivity contribution < 1.29 is 9.47 Å². The van der Waals surface area contributed by atoms with E-state index in [2.05, 4.69) is 10.2 Å². The lowest BCUT2D eigenvalue weighted by Crippen LogP contribution is -2.49. The van der Waals surface area contributed by atoms with Crippen LogP contribution in [-0.2, 0) is 9.47 Å². The summed E-state index contributed by atoms with van der Waals surface area (Å²) in [6.45, 7) is 8.18. The second-order valence-electron chi connectivity index (χ2n) is 5.46. The van der Waals surface area contributed by atoms with E-state index in [0.717, 1.165) is 25.7 Å². The summed E-state index contributed by atoms with van der Waals surface area (Å²) in [6, 6.07) is 0.670. The molecular formula is C12H22N2O2. The Labute approximate surface area is 97.3 Å². The Morgan fingerprint density at radius 2 is 2.00 bits per heavy atom. The van der Waals surface area contributed by atoms with E-state index >= 15 is 0 Å². The van der Waals surface area contributed by atoms with Gasteiger partial charge in [0.15, 0.2) is 5.79 Å². The summed E-state index contributed by atoms with van der Waals surface area (Å²) in [6.07, 6.45) is 2.64. The van der Waals surface area contributed by atoms with Gasteiger partial charge in [0.1, 0.15) is 0 Å². The Hall–Kier alpha value is -0.160. The maximum atomic E-state index is 5.62. The van der Waals surface area contributed by atoms with Crippen molar-refractivity contribution >= 4 is 0 Å². The van der Waals surface area contributed by atoms with E-state index in [-0.39, 0.29) is 5.79 Å². The predicted octanol–water partition coefficient (Wildman–Crippen LogP) is 0.433. The van der Waals surface area contributed by atoms with Gasteiger partial charge in [-0.3, -0.25) is 0 Å². The van der Waals surface area contributed by atoms with Gasteiger partial charge in [0, 0.05) is 19.1 Å². The number of ether oxygens (including phenoxy) is 2. The Kier molecular flexibility index (Phi) is 2.92. The normalized spacial score (nSPS) is 41.4. The second-order valence-corrected chi connectivity index (χ2v) is 5.46. The van der Waals surface area contributed by atoms with Crippen LogP contribution < -0.4 is 5.32 Å². The zero-order valence-electron chi connectivity index (χ0n) is 10.1. The molecule has 2 bridgehead atoms. The quantitative estimate of drug-likeness (QED) is 0.757. The summed E-state index contributed by atoms with van der Waals surface area (Å²) in [5, 5.41) is 3.66. The van der Waals surface area contributed by atoms with Crippen molar-refractivity contribution in [3.63, 3.8) is 0 Å². The van der Waals surface area contributed by atoms with E-state index in [1.54, 1.807) is 0 Å². The number of piperidine rings is 1. The molecule has 0 spiro atoms. The highest BCUT2D eigenvalue weighted by atomic mass is 16.7. The number of nitrogens with zero attached hydrogens (tertiary/aromatic N) is 1. The smallest absolute Gasteiger partial charge is 0.178 e. The Bertz CT molecular complexity index is 253. The number of fused-ring (bicyclic) bond motifs is 2. The molecule has 0 aromatic carbocycles. The van der Waals surface area contributed by atoms with Crippen LogP contribution in [0, 0.1) is 5.92 Å². The minimum Gasteiger partial charge on any atom is -0.347 e. The minimum absolute atomic E-state index is 0.379. The van der Waals surface area contributed by atoms with Gasteiger partial charge in [0.2, 0.25) is 0 Å². The molecule has 0 amide bonds. The third-order valence-electron chi connectivity index (χ3n) is 4.22. The van der Waals surface area contributed by atoms with Crippen LogP contribution in [0.1, 0.15) is 19.8 Å². The molecule has 0 aliphatic carbocycles. The van der Waals surface area contributed by atoms with Crippen LogP contribution in [0.3, 0.4) is 0 Å². The van der Waals surface area contributed by atoms with Crippen LogP contribution in [0.5, 0.6) is 0 Å². The third-order valence-corrected chi connectivity index (χ3v) is 4.22. The molecule has 3 saturated heterocycles. The van der Waals surface area contributed by atoms with Crippen molar-refractivity contribution in [3.05, 3.63) is 0 Å². The maximum Gasteiger partial charge on any atom is 0.178 e. The zero-order valence-corrected chi connectivity index (χ0v) is 10.1. The van der Waals surface area contributed by atoms with Crippen molar-refractivity contribution in [3.8, 4) is 0 Å². The summed E-state index contributed by atoms with van der Waals surface area (Å²) in [5.41, 5.74) is 0. The molecule has 3 rings (SSSR count). The van der Waals surface area contributed by atoms with E-state index in [1.165, 1.54) is 32.5 Å². The molecule has 3 atom stereocenters. The first-order valence-electron chi connectivity index (χ1n) is 6.49. The number of rotatable bonds is 3. The molecule has 3 unspecified atom stereocenters. The average Bonchev–Trinajstić information content (AvgIpc) is 2.87. The van der Waals surface area contributed by atoms with Gasteiger partial charge in [0.25, 0.3) is 0 Å². The number of hydrogen-bond donors (Lipinski definition) is 1. The molecular weight excluding hydrogens is 204 g/mol. The fourth-order valence-corrected chi connectivity index (χ4v) is 3.20. The third kappa shape index (κ3) is 2.12. The molecule has 3 fully saturated rings. The first-order chi connectivity index (χ1) is 7.75. The number of hydrogen-bond acceptors (Lipinski definition) is 4. The van der Waals surface area contributed by atoms with Crippen molar-refractivity contribution in [2.75, 3.05) is 39.4 Å². The zero-order chi connectivity index (χ0) is 11.0. The van der Waals surface area contributed by atoms with E-state index in [9.17, 15) is 0 Å². The molecule has 92 valence electrons. The largest absolute Gasteiger partial charge is 0.347 e. The minimum atomic E-state index is -0.379. The monoisotopic (exact) mass is 226 g/mol. The lowest BCUT2D eigenvalue weighted by molar-refractivity contribution is -0.140. The van der Waals surface area contributed by atoms with Crippen molar-refractivity contribution in [2.45, 2.75) is 31.6 Å². The molecule has 0 radical (unpaired) electrons. The summed E-state index contributed by atoms with van der Waals surface area (Å²) < 4.78 is 11.2. The van der Waals surface area contributed by atoms with E-state index in [1.807, 2.05) is 6.92 Å². The Morgan fingerprint density at radius 3 is 2.81 bits per heavy atom. The fourth-order valence-electron chi connectivity index (χ4n) is 3.20. The standard InChI is InChI=1S/C12H22N2O2/c1-12(15-6-7-16-12)9-13-11-3-5-14-4-2-10(11)8-14/h10-11,13H,2-9H2,1H3. The summed E-state index contributed by atoms with van der Waals surface area (Å²) in [4.78, 5) is 2.58. The van der Waals surface area contributed by atoms with Gasteiger partial charge in [-0.15, -0.1) is 0 Å². The Balaban J connectivity index is 1.51. The molecule has 0 aromatic rings. The molecule has 16 heavy (non-hydrogen) atoms. The van der Waals surface area contributed by atoms with Crippen LogP contribution in [-0.4, -0.2) is 56.1 Å². The van der Waals surface area contributed by atoms with Gasteiger partial charge in [-0.2, -0.15) is 0 Å². The molecule has 3 aliphatic heterocycles. The molecule has 0 saturated carbocycles. The SMILES string of the molecule is CC1(CNC2CCN3CCC2C3)OCCO1. The van der Waals surface area contributed by atoms with E-state index in [4.69, 9.17) is 9.47 Å². The molecule has 0 aromatic heterocycles. The molecule has 1 N–H and O–H groups in total. The summed E-state index contributed by atoms with van der Waals surface area (Å²) >= 11 is 0. The first-order valence-corrected chi connectivity index (χ1v) is 6.49. The highest BCUT2D eigenvalue weighted by Crippen LogP contribution is 2.27.